The molecule has 0 saturated heterocycles. The zero-order valence-electron chi connectivity index (χ0n) is 10.7. The Morgan fingerprint density at radius 3 is 2.61 bits per heavy atom. The van der Waals surface area contributed by atoms with Crippen LogP contribution in [0.2, 0.25) is 0 Å². The van der Waals surface area contributed by atoms with Gasteiger partial charge in [-0.05, 0) is 26.0 Å². The van der Waals surface area contributed by atoms with Crippen LogP contribution in [-0.4, -0.2) is 39.5 Å². The number of pyridine rings is 1. The lowest BCUT2D eigenvalue weighted by atomic mass is 10.0. The van der Waals surface area contributed by atoms with Gasteiger partial charge in [0.15, 0.2) is 0 Å². The fourth-order valence-electron chi connectivity index (χ4n) is 1.31. The number of hydrogen-bond donors (Lipinski definition) is 2. The summed E-state index contributed by atoms with van der Waals surface area (Å²) in [6.45, 7) is 3.17. The van der Waals surface area contributed by atoms with Crippen LogP contribution in [0.3, 0.4) is 0 Å². The van der Waals surface area contributed by atoms with Gasteiger partial charge in [-0.15, -0.1) is 0 Å². The van der Waals surface area contributed by atoms with E-state index in [9.17, 15) is 9.59 Å². The van der Waals surface area contributed by atoms with Crippen molar-refractivity contribution in [2.45, 2.75) is 25.9 Å². The molecule has 6 nitrogen and oxygen atoms in total. The van der Waals surface area contributed by atoms with E-state index in [0.29, 0.717) is 11.3 Å². The largest absolute Gasteiger partial charge is 0.480 e. The minimum atomic E-state index is -1.27. The van der Waals surface area contributed by atoms with Crippen molar-refractivity contribution in [2.75, 3.05) is 7.05 Å². The van der Waals surface area contributed by atoms with Crippen molar-refractivity contribution in [1.29, 1.82) is 0 Å². The first kappa shape index (κ1) is 14.1. The van der Waals surface area contributed by atoms with E-state index in [2.05, 4.69) is 4.98 Å². The molecule has 0 aliphatic carbocycles. The molecule has 0 spiro atoms. The molecule has 1 amide bonds. The van der Waals surface area contributed by atoms with Gasteiger partial charge in [0.1, 0.15) is 5.54 Å². The normalized spacial score (nSPS) is 11.1. The first-order valence-corrected chi connectivity index (χ1v) is 5.47. The summed E-state index contributed by atoms with van der Waals surface area (Å²) in [6.07, 6.45) is 1.48. The average Bonchev–Trinajstić information content (AvgIpc) is 2.36. The number of carboxylic acids is 1. The van der Waals surface area contributed by atoms with Crippen molar-refractivity contribution in [3.63, 3.8) is 0 Å². The van der Waals surface area contributed by atoms with Gasteiger partial charge in [-0.2, -0.15) is 0 Å². The Balaban J connectivity index is 3.03. The molecule has 0 bridgehead atoms. The van der Waals surface area contributed by atoms with Crippen LogP contribution in [0.25, 0.3) is 0 Å². The molecule has 98 valence electrons. The predicted octanol–water partition coefficient (Wildman–Crippen LogP) is 0.475. The Kier molecular flexibility index (Phi) is 4.03. The van der Waals surface area contributed by atoms with Crippen LogP contribution in [0, 0.1) is 0 Å². The van der Waals surface area contributed by atoms with E-state index < -0.39 is 11.5 Å². The molecular weight excluding hydrogens is 234 g/mol. The maximum atomic E-state index is 12.2. The third-order valence-electron chi connectivity index (χ3n) is 2.94. The molecule has 18 heavy (non-hydrogen) atoms. The van der Waals surface area contributed by atoms with Crippen molar-refractivity contribution in [3.05, 3.63) is 29.6 Å². The maximum Gasteiger partial charge on any atom is 0.329 e. The summed E-state index contributed by atoms with van der Waals surface area (Å²) >= 11 is 0. The molecule has 6 heteroatoms. The van der Waals surface area contributed by atoms with E-state index >= 15 is 0 Å². The van der Waals surface area contributed by atoms with Crippen LogP contribution in [0.1, 0.15) is 29.9 Å². The number of amides is 1. The minimum Gasteiger partial charge on any atom is -0.480 e. The summed E-state index contributed by atoms with van der Waals surface area (Å²) in [5, 5.41) is 9.08. The number of hydrogen-bond acceptors (Lipinski definition) is 4. The van der Waals surface area contributed by atoms with Crippen LogP contribution in [0.5, 0.6) is 0 Å². The van der Waals surface area contributed by atoms with Gasteiger partial charge < -0.3 is 15.7 Å². The lowest BCUT2D eigenvalue weighted by Gasteiger charge is -2.31. The van der Waals surface area contributed by atoms with Gasteiger partial charge in [-0.1, -0.05) is 0 Å². The molecule has 0 aliphatic heterocycles. The summed E-state index contributed by atoms with van der Waals surface area (Å²) in [6, 6.07) is 3.10. The van der Waals surface area contributed by atoms with Gasteiger partial charge in [0.2, 0.25) is 0 Å². The van der Waals surface area contributed by atoms with Crippen LogP contribution >= 0.6 is 0 Å². The molecule has 1 aromatic heterocycles. The highest BCUT2D eigenvalue weighted by atomic mass is 16.4. The Morgan fingerprint density at radius 2 is 2.11 bits per heavy atom. The molecule has 1 rings (SSSR count). The second-order valence-corrected chi connectivity index (χ2v) is 4.47. The van der Waals surface area contributed by atoms with Crippen molar-refractivity contribution in [1.82, 2.24) is 9.88 Å². The molecule has 3 N–H and O–H groups in total. The summed E-state index contributed by atoms with van der Waals surface area (Å²) in [7, 11) is 1.46. The number of aromatic nitrogens is 1. The molecule has 0 fully saturated rings. The van der Waals surface area contributed by atoms with Crippen LogP contribution < -0.4 is 5.73 Å². The predicted molar refractivity (Wildman–Crippen MR) is 65.9 cm³/mol. The molecule has 0 radical (unpaired) electrons. The highest BCUT2D eigenvalue weighted by molar-refractivity contribution is 5.97. The van der Waals surface area contributed by atoms with Crippen LogP contribution in [-0.2, 0) is 11.3 Å². The lowest BCUT2D eigenvalue weighted by Crippen LogP contribution is -2.50. The van der Waals surface area contributed by atoms with Gasteiger partial charge in [0.25, 0.3) is 5.91 Å². The number of rotatable bonds is 4. The molecule has 0 atom stereocenters. The number of carbonyl (C=O) groups is 2. The highest BCUT2D eigenvalue weighted by Crippen LogP contribution is 2.16. The first-order valence-electron chi connectivity index (χ1n) is 5.47. The lowest BCUT2D eigenvalue weighted by molar-refractivity contribution is -0.147. The standard InChI is InChI=1S/C12H17N3O3/c1-12(2,11(17)18)15(3)10(16)8-4-5-14-9(6-8)7-13/h4-6H,7,13H2,1-3H3,(H,17,18). The monoisotopic (exact) mass is 251 g/mol. The smallest absolute Gasteiger partial charge is 0.329 e. The van der Waals surface area contributed by atoms with Gasteiger partial charge >= 0.3 is 5.97 Å². The summed E-state index contributed by atoms with van der Waals surface area (Å²) < 4.78 is 0. The van der Waals surface area contributed by atoms with E-state index in [-0.39, 0.29) is 12.5 Å². The fraction of sp³-hybridized carbons (Fsp3) is 0.417. The molecule has 0 saturated carbocycles. The minimum absolute atomic E-state index is 0.229. The van der Waals surface area contributed by atoms with Crippen molar-refractivity contribution < 1.29 is 14.7 Å². The van der Waals surface area contributed by atoms with E-state index in [4.69, 9.17) is 10.8 Å². The van der Waals surface area contributed by atoms with Gasteiger partial charge in [-0.25, -0.2) is 4.79 Å². The van der Waals surface area contributed by atoms with Crippen LogP contribution in [0.15, 0.2) is 18.3 Å². The second kappa shape index (κ2) is 5.14. The van der Waals surface area contributed by atoms with E-state index in [1.54, 1.807) is 6.07 Å². The zero-order chi connectivity index (χ0) is 13.9. The van der Waals surface area contributed by atoms with E-state index in [1.165, 1.54) is 38.1 Å². The molecular formula is C12H17N3O3. The molecule has 0 unspecified atom stereocenters. The van der Waals surface area contributed by atoms with Gasteiger partial charge in [0, 0.05) is 25.4 Å². The zero-order valence-corrected chi connectivity index (χ0v) is 10.7. The van der Waals surface area contributed by atoms with Crippen LogP contribution in [0.4, 0.5) is 0 Å². The topological polar surface area (TPSA) is 96.5 Å². The Morgan fingerprint density at radius 1 is 1.50 bits per heavy atom. The third kappa shape index (κ3) is 2.65. The summed E-state index contributed by atoms with van der Waals surface area (Å²) in [5.74, 6) is -1.44. The number of carbonyl (C=O) groups excluding carboxylic acids is 1. The average molecular weight is 251 g/mol. The molecule has 1 heterocycles. The number of likely N-dealkylation sites (N-methyl/N-ethyl adjacent to an activating group) is 1. The Labute approximate surface area is 105 Å². The summed E-state index contributed by atoms with van der Waals surface area (Å²) in [5.41, 5.74) is 5.14. The van der Waals surface area contributed by atoms with Crippen molar-refractivity contribution >= 4 is 11.9 Å². The quantitative estimate of drug-likeness (QED) is 0.811. The Bertz CT molecular complexity index is 471. The highest BCUT2D eigenvalue weighted by Gasteiger charge is 2.35. The van der Waals surface area contributed by atoms with Gasteiger partial charge in [0.05, 0.1) is 5.69 Å². The van der Waals surface area contributed by atoms with E-state index in [1.807, 2.05) is 0 Å². The van der Waals surface area contributed by atoms with Crippen molar-refractivity contribution in [2.24, 2.45) is 5.73 Å². The number of nitrogens with zero attached hydrogens (tertiary/aromatic N) is 2. The first-order chi connectivity index (χ1) is 8.30. The summed E-state index contributed by atoms with van der Waals surface area (Å²) in [4.78, 5) is 28.4. The molecule has 0 aromatic carbocycles. The van der Waals surface area contributed by atoms with E-state index in [0.717, 1.165) is 0 Å². The van der Waals surface area contributed by atoms with Crippen molar-refractivity contribution in [3.8, 4) is 0 Å². The molecule has 0 aliphatic rings. The Hall–Kier alpha value is -1.95. The SMILES string of the molecule is CN(C(=O)c1ccnc(CN)c1)C(C)(C)C(=O)O. The molecule has 1 aromatic rings. The number of nitrogens with two attached hydrogens (primary N) is 1. The van der Waals surface area contributed by atoms with Gasteiger partial charge in [-0.3, -0.25) is 9.78 Å². The maximum absolute atomic E-state index is 12.2. The third-order valence-corrected chi connectivity index (χ3v) is 2.94. The fourth-order valence-corrected chi connectivity index (χ4v) is 1.31. The second-order valence-electron chi connectivity index (χ2n) is 4.47. The number of aliphatic carboxylic acids is 1. The number of carboxylic acid groups (broad SMARTS) is 1.